The molecular weight excluding hydrogens is 180 g/mol. The Bertz CT molecular complexity index is 322. The first-order valence-electron chi connectivity index (χ1n) is 4.65. The Hall–Kier alpha value is -1.42. The second-order valence-electron chi connectivity index (χ2n) is 3.39. The second kappa shape index (κ2) is 3.75. The van der Waals surface area contributed by atoms with E-state index in [0.29, 0.717) is 18.0 Å². The molecule has 0 radical (unpaired) electrons. The fourth-order valence-electron chi connectivity index (χ4n) is 1.42. The van der Waals surface area contributed by atoms with Crippen molar-refractivity contribution in [2.24, 2.45) is 0 Å². The van der Waals surface area contributed by atoms with Crippen molar-refractivity contribution in [3.05, 3.63) is 18.2 Å². The predicted octanol–water partition coefficient (Wildman–Crippen LogP) is 1.02. The van der Waals surface area contributed by atoms with E-state index in [1.807, 2.05) is 6.07 Å². The number of rotatable bonds is 2. The third kappa shape index (κ3) is 1.90. The smallest absolute Gasteiger partial charge is 0.124 e. The van der Waals surface area contributed by atoms with Gasteiger partial charge in [-0.3, -0.25) is 0 Å². The van der Waals surface area contributed by atoms with Crippen LogP contribution in [0.5, 0.6) is 5.75 Å². The quantitative estimate of drug-likeness (QED) is 0.689. The zero-order valence-electron chi connectivity index (χ0n) is 7.90. The molecule has 4 N–H and O–H groups in total. The zero-order valence-corrected chi connectivity index (χ0v) is 7.90. The first-order chi connectivity index (χ1) is 6.75. The molecule has 4 heteroatoms. The van der Waals surface area contributed by atoms with Crippen LogP contribution in [0.2, 0.25) is 0 Å². The molecule has 0 aromatic heterocycles. The largest absolute Gasteiger partial charge is 0.488 e. The third-order valence-electron chi connectivity index (χ3n) is 2.25. The van der Waals surface area contributed by atoms with Gasteiger partial charge in [-0.05, 0) is 12.1 Å². The molecule has 0 saturated carbocycles. The van der Waals surface area contributed by atoms with E-state index < -0.39 is 0 Å². The minimum atomic E-state index is 0.151. The monoisotopic (exact) mass is 194 g/mol. The lowest BCUT2D eigenvalue weighted by Crippen LogP contribution is -2.15. The van der Waals surface area contributed by atoms with Crippen LogP contribution in [0.25, 0.3) is 0 Å². The van der Waals surface area contributed by atoms with Crippen LogP contribution in [0.3, 0.4) is 0 Å². The Labute approximate surface area is 82.8 Å². The molecule has 76 valence electrons. The maximum absolute atomic E-state index is 5.66. The molecule has 4 nitrogen and oxygen atoms in total. The van der Waals surface area contributed by atoms with Crippen LogP contribution >= 0.6 is 0 Å². The topological polar surface area (TPSA) is 70.5 Å². The zero-order chi connectivity index (χ0) is 9.97. The molecule has 14 heavy (non-hydrogen) atoms. The first kappa shape index (κ1) is 9.15. The normalized spacial score (nSPS) is 21.0. The number of anilines is 2. The van der Waals surface area contributed by atoms with Gasteiger partial charge in [0.05, 0.1) is 24.6 Å². The molecule has 1 aliphatic rings. The average molecular weight is 194 g/mol. The highest BCUT2D eigenvalue weighted by Crippen LogP contribution is 2.23. The van der Waals surface area contributed by atoms with Crippen LogP contribution in [0, 0.1) is 0 Å². The SMILES string of the molecule is Nc1ccc(OC2CCOC2)cc1N. The van der Waals surface area contributed by atoms with Crippen molar-refractivity contribution in [2.75, 3.05) is 24.7 Å². The highest BCUT2D eigenvalue weighted by atomic mass is 16.5. The first-order valence-corrected chi connectivity index (χ1v) is 4.65. The molecular formula is C10H14N2O2. The minimum absolute atomic E-state index is 0.151. The van der Waals surface area contributed by atoms with E-state index in [1.165, 1.54) is 0 Å². The summed E-state index contributed by atoms with van der Waals surface area (Å²) in [5.74, 6) is 0.757. The lowest BCUT2D eigenvalue weighted by atomic mass is 10.2. The molecule has 0 amide bonds. The molecule has 1 aromatic rings. The van der Waals surface area contributed by atoms with Gasteiger partial charge in [-0.25, -0.2) is 0 Å². The van der Waals surface area contributed by atoms with Gasteiger partial charge in [0.15, 0.2) is 0 Å². The molecule has 0 bridgehead atoms. The summed E-state index contributed by atoms with van der Waals surface area (Å²) < 4.78 is 10.9. The molecule has 0 aliphatic carbocycles. The Morgan fingerprint density at radius 3 is 2.79 bits per heavy atom. The van der Waals surface area contributed by atoms with Gasteiger partial charge in [-0.1, -0.05) is 0 Å². The van der Waals surface area contributed by atoms with Gasteiger partial charge in [0.1, 0.15) is 11.9 Å². The molecule has 2 rings (SSSR count). The lowest BCUT2D eigenvalue weighted by Gasteiger charge is -2.12. The van der Waals surface area contributed by atoms with Crippen LogP contribution < -0.4 is 16.2 Å². The number of hydrogen-bond acceptors (Lipinski definition) is 4. The number of nitrogen functional groups attached to an aromatic ring is 2. The maximum atomic E-state index is 5.66. The molecule has 1 atom stereocenters. The highest BCUT2D eigenvalue weighted by Gasteiger charge is 2.17. The number of nitrogens with two attached hydrogens (primary N) is 2. The molecule has 1 aliphatic heterocycles. The van der Waals surface area contributed by atoms with E-state index in [-0.39, 0.29) is 6.10 Å². The predicted molar refractivity (Wildman–Crippen MR) is 55.1 cm³/mol. The number of benzene rings is 1. The van der Waals surface area contributed by atoms with E-state index in [4.69, 9.17) is 20.9 Å². The van der Waals surface area contributed by atoms with Crippen LogP contribution in [0.4, 0.5) is 11.4 Å². The third-order valence-corrected chi connectivity index (χ3v) is 2.25. The van der Waals surface area contributed by atoms with Gasteiger partial charge in [0.2, 0.25) is 0 Å². The van der Waals surface area contributed by atoms with Gasteiger partial charge in [-0.15, -0.1) is 0 Å². The van der Waals surface area contributed by atoms with Gasteiger partial charge in [-0.2, -0.15) is 0 Å². The summed E-state index contributed by atoms with van der Waals surface area (Å²) in [6.45, 7) is 1.43. The van der Waals surface area contributed by atoms with E-state index in [0.717, 1.165) is 18.8 Å². The second-order valence-corrected chi connectivity index (χ2v) is 3.39. The van der Waals surface area contributed by atoms with Crippen molar-refractivity contribution in [2.45, 2.75) is 12.5 Å². The fraction of sp³-hybridized carbons (Fsp3) is 0.400. The van der Waals surface area contributed by atoms with E-state index in [2.05, 4.69) is 0 Å². The summed E-state index contributed by atoms with van der Waals surface area (Å²) in [7, 11) is 0. The number of ether oxygens (including phenoxy) is 2. The van der Waals surface area contributed by atoms with Crippen molar-refractivity contribution >= 4 is 11.4 Å². The molecule has 1 unspecified atom stereocenters. The van der Waals surface area contributed by atoms with Gasteiger partial charge in [0, 0.05) is 12.5 Å². The Morgan fingerprint density at radius 1 is 1.29 bits per heavy atom. The van der Waals surface area contributed by atoms with Crippen molar-refractivity contribution in [3.8, 4) is 5.75 Å². The molecule has 1 saturated heterocycles. The Kier molecular flexibility index (Phi) is 2.45. The van der Waals surface area contributed by atoms with Crippen molar-refractivity contribution in [1.82, 2.24) is 0 Å². The van der Waals surface area contributed by atoms with Crippen LogP contribution in [0.1, 0.15) is 6.42 Å². The maximum Gasteiger partial charge on any atom is 0.124 e. The summed E-state index contributed by atoms with van der Waals surface area (Å²) in [5.41, 5.74) is 12.4. The summed E-state index contributed by atoms with van der Waals surface area (Å²) in [5, 5.41) is 0. The van der Waals surface area contributed by atoms with Gasteiger partial charge >= 0.3 is 0 Å². The fourth-order valence-corrected chi connectivity index (χ4v) is 1.42. The molecule has 1 fully saturated rings. The Balaban J connectivity index is 2.05. The van der Waals surface area contributed by atoms with Crippen LogP contribution in [-0.4, -0.2) is 19.3 Å². The highest BCUT2D eigenvalue weighted by molar-refractivity contribution is 5.65. The van der Waals surface area contributed by atoms with Crippen LogP contribution in [0.15, 0.2) is 18.2 Å². The summed E-state index contributed by atoms with van der Waals surface area (Å²) in [6.07, 6.45) is 1.09. The van der Waals surface area contributed by atoms with E-state index in [9.17, 15) is 0 Å². The average Bonchev–Trinajstić information content (AvgIpc) is 2.64. The van der Waals surface area contributed by atoms with Crippen molar-refractivity contribution in [1.29, 1.82) is 0 Å². The lowest BCUT2D eigenvalue weighted by molar-refractivity contribution is 0.141. The van der Waals surface area contributed by atoms with Crippen molar-refractivity contribution in [3.63, 3.8) is 0 Å². The molecule has 0 spiro atoms. The van der Waals surface area contributed by atoms with Crippen LogP contribution in [-0.2, 0) is 4.74 Å². The number of hydrogen-bond donors (Lipinski definition) is 2. The molecule has 1 heterocycles. The summed E-state index contributed by atoms with van der Waals surface area (Å²) in [6, 6.07) is 5.32. The van der Waals surface area contributed by atoms with Gasteiger partial charge < -0.3 is 20.9 Å². The standard InChI is InChI=1S/C10H14N2O2/c11-9-2-1-7(5-10(9)12)14-8-3-4-13-6-8/h1-2,5,8H,3-4,6,11-12H2. The summed E-state index contributed by atoms with van der Waals surface area (Å²) in [4.78, 5) is 0. The summed E-state index contributed by atoms with van der Waals surface area (Å²) >= 11 is 0. The Morgan fingerprint density at radius 2 is 2.14 bits per heavy atom. The van der Waals surface area contributed by atoms with E-state index >= 15 is 0 Å². The van der Waals surface area contributed by atoms with E-state index in [1.54, 1.807) is 12.1 Å². The van der Waals surface area contributed by atoms with Gasteiger partial charge in [0.25, 0.3) is 0 Å². The van der Waals surface area contributed by atoms with Crippen molar-refractivity contribution < 1.29 is 9.47 Å². The molecule has 1 aromatic carbocycles. The minimum Gasteiger partial charge on any atom is -0.488 e.